The second-order valence-corrected chi connectivity index (χ2v) is 9.78. The van der Waals surface area contributed by atoms with Gasteiger partial charge < -0.3 is 15.5 Å². The average molecular weight is 445 g/mol. The van der Waals surface area contributed by atoms with Gasteiger partial charge >= 0.3 is 0 Å². The van der Waals surface area contributed by atoms with Gasteiger partial charge in [-0.05, 0) is 62.6 Å². The Kier molecular flexibility index (Phi) is 7.23. The number of sulfonamides is 1. The number of aryl methyl sites for hydroxylation is 2. The number of carbonyl (C=O) groups excluding carboxylic acids is 1. The maximum absolute atomic E-state index is 13.3. The molecule has 0 radical (unpaired) electrons. The fraction of sp³-hybridized carbons (Fsp3) is 0.435. The molecule has 168 valence electrons. The maximum Gasteiger partial charge on any atom is 0.262 e. The van der Waals surface area contributed by atoms with Crippen molar-refractivity contribution >= 4 is 27.3 Å². The van der Waals surface area contributed by atoms with Crippen molar-refractivity contribution in [3.05, 3.63) is 53.1 Å². The van der Waals surface area contributed by atoms with Gasteiger partial charge in [-0.15, -0.1) is 0 Å². The molecule has 1 fully saturated rings. The summed E-state index contributed by atoms with van der Waals surface area (Å²) in [5.41, 5.74) is 3.16. The molecule has 2 aromatic rings. The number of benzene rings is 2. The summed E-state index contributed by atoms with van der Waals surface area (Å²) in [6.07, 6.45) is 0.816. The smallest absolute Gasteiger partial charge is 0.262 e. The summed E-state index contributed by atoms with van der Waals surface area (Å²) in [5.74, 6) is -0.214. The molecule has 7 nitrogen and oxygen atoms in total. The number of amides is 1. The zero-order chi connectivity index (χ0) is 22.6. The van der Waals surface area contributed by atoms with Crippen LogP contribution < -0.4 is 20.3 Å². The molecule has 8 heteroatoms. The third-order valence-corrected chi connectivity index (χ3v) is 7.09. The van der Waals surface area contributed by atoms with Crippen molar-refractivity contribution in [2.24, 2.45) is 0 Å². The summed E-state index contributed by atoms with van der Waals surface area (Å²) in [4.78, 5) is 15.1. The van der Waals surface area contributed by atoms with Crippen LogP contribution in [0.1, 0.15) is 41.8 Å². The van der Waals surface area contributed by atoms with Crippen molar-refractivity contribution in [3.8, 4) is 0 Å². The highest BCUT2D eigenvalue weighted by molar-refractivity contribution is 7.92. The van der Waals surface area contributed by atoms with E-state index in [9.17, 15) is 13.2 Å². The lowest BCUT2D eigenvalue weighted by Crippen LogP contribution is -2.43. The standard InChI is InChI=1S/C23H32N4O3S/c1-5-18(4)25-23(28)19-8-9-21(27-12-10-24-11-13-27)20(15-19)26-31(29,30)22-14-16(2)6-7-17(22)3/h6-9,14-15,18,24,26H,5,10-13H2,1-4H3,(H,25,28)/t18-/m0/s1. The molecule has 0 saturated carbocycles. The zero-order valence-electron chi connectivity index (χ0n) is 18.7. The van der Waals surface area contributed by atoms with Crippen molar-refractivity contribution in [1.82, 2.24) is 10.6 Å². The van der Waals surface area contributed by atoms with Crippen LogP contribution in [0.15, 0.2) is 41.3 Å². The summed E-state index contributed by atoms with van der Waals surface area (Å²) in [5, 5.41) is 6.25. The van der Waals surface area contributed by atoms with Gasteiger partial charge in [-0.3, -0.25) is 9.52 Å². The topological polar surface area (TPSA) is 90.5 Å². The lowest BCUT2D eigenvalue weighted by Gasteiger charge is -2.31. The van der Waals surface area contributed by atoms with Gasteiger partial charge in [0.1, 0.15) is 0 Å². The number of hydrogen-bond acceptors (Lipinski definition) is 5. The van der Waals surface area contributed by atoms with Crippen LogP contribution in [0.4, 0.5) is 11.4 Å². The van der Waals surface area contributed by atoms with Crippen LogP contribution in [-0.4, -0.2) is 46.5 Å². The Morgan fingerprint density at radius 2 is 1.84 bits per heavy atom. The van der Waals surface area contributed by atoms with E-state index in [0.29, 0.717) is 16.8 Å². The monoisotopic (exact) mass is 444 g/mol. The van der Waals surface area contributed by atoms with E-state index < -0.39 is 10.0 Å². The number of nitrogens with one attached hydrogen (secondary N) is 3. The van der Waals surface area contributed by atoms with Gasteiger partial charge in [-0.1, -0.05) is 19.1 Å². The summed E-state index contributed by atoms with van der Waals surface area (Å²) in [6, 6.07) is 10.6. The Balaban J connectivity index is 2.01. The largest absolute Gasteiger partial charge is 0.367 e. The molecule has 1 saturated heterocycles. The Labute approximate surface area is 185 Å². The molecule has 0 spiro atoms. The molecule has 3 N–H and O–H groups in total. The van der Waals surface area contributed by atoms with Crippen LogP contribution in [0.5, 0.6) is 0 Å². The maximum atomic E-state index is 13.3. The van der Waals surface area contributed by atoms with E-state index in [2.05, 4.69) is 20.3 Å². The van der Waals surface area contributed by atoms with Crippen LogP contribution in [0.25, 0.3) is 0 Å². The number of anilines is 2. The lowest BCUT2D eigenvalue weighted by molar-refractivity contribution is 0.0939. The summed E-state index contributed by atoms with van der Waals surface area (Å²) in [7, 11) is -3.82. The van der Waals surface area contributed by atoms with Crippen LogP contribution >= 0.6 is 0 Å². The highest BCUT2D eigenvalue weighted by Crippen LogP contribution is 2.31. The van der Waals surface area contributed by atoms with E-state index >= 15 is 0 Å². The van der Waals surface area contributed by atoms with E-state index in [1.54, 1.807) is 31.2 Å². The Hall–Kier alpha value is -2.58. The zero-order valence-corrected chi connectivity index (χ0v) is 19.5. The number of nitrogens with zero attached hydrogens (tertiary/aromatic N) is 1. The van der Waals surface area contributed by atoms with Crippen molar-refractivity contribution in [2.45, 2.75) is 45.1 Å². The van der Waals surface area contributed by atoms with E-state index in [-0.39, 0.29) is 16.8 Å². The summed E-state index contributed by atoms with van der Waals surface area (Å²) < 4.78 is 29.3. The third-order valence-electron chi connectivity index (χ3n) is 5.58. The minimum absolute atomic E-state index is 0.0374. The number of rotatable bonds is 7. The van der Waals surface area contributed by atoms with E-state index in [1.807, 2.05) is 32.9 Å². The van der Waals surface area contributed by atoms with Crippen LogP contribution in [-0.2, 0) is 10.0 Å². The molecule has 0 aliphatic carbocycles. The van der Waals surface area contributed by atoms with E-state index in [1.165, 1.54) is 0 Å². The minimum atomic E-state index is -3.82. The first-order valence-electron chi connectivity index (χ1n) is 10.7. The first-order chi connectivity index (χ1) is 14.7. The molecule has 31 heavy (non-hydrogen) atoms. The molecule has 3 rings (SSSR count). The van der Waals surface area contributed by atoms with E-state index in [4.69, 9.17) is 0 Å². The molecule has 0 unspecified atom stereocenters. The van der Waals surface area contributed by atoms with Crippen LogP contribution in [0.2, 0.25) is 0 Å². The van der Waals surface area contributed by atoms with E-state index in [0.717, 1.165) is 43.9 Å². The van der Waals surface area contributed by atoms with Gasteiger partial charge in [0.15, 0.2) is 0 Å². The normalized spacial score (nSPS) is 15.4. The highest BCUT2D eigenvalue weighted by Gasteiger charge is 2.23. The van der Waals surface area contributed by atoms with Gasteiger partial charge in [-0.2, -0.15) is 0 Å². The molecule has 1 heterocycles. The first-order valence-corrected chi connectivity index (χ1v) is 12.2. The second-order valence-electron chi connectivity index (χ2n) is 8.13. The van der Waals surface area contributed by atoms with Gasteiger partial charge in [0.05, 0.1) is 16.3 Å². The molecule has 1 amide bonds. The van der Waals surface area contributed by atoms with Gasteiger partial charge in [0.25, 0.3) is 15.9 Å². The quantitative estimate of drug-likeness (QED) is 0.611. The number of carbonyl (C=O) groups is 1. The second kappa shape index (κ2) is 9.70. The van der Waals surface area contributed by atoms with Gasteiger partial charge in [0, 0.05) is 37.8 Å². The first kappa shape index (κ1) is 23.1. The highest BCUT2D eigenvalue weighted by atomic mass is 32.2. The minimum Gasteiger partial charge on any atom is -0.367 e. The predicted molar refractivity (Wildman–Crippen MR) is 125 cm³/mol. The van der Waals surface area contributed by atoms with Gasteiger partial charge in [0.2, 0.25) is 0 Å². The Morgan fingerprint density at radius 1 is 1.13 bits per heavy atom. The molecule has 0 aromatic heterocycles. The molecular weight excluding hydrogens is 412 g/mol. The number of piperazine rings is 1. The molecule has 1 aliphatic rings. The number of hydrogen-bond donors (Lipinski definition) is 3. The molecule has 1 aliphatic heterocycles. The summed E-state index contributed by atoms with van der Waals surface area (Å²) >= 11 is 0. The third kappa shape index (κ3) is 5.57. The summed E-state index contributed by atoms with van der Waals surface area (Å²) in [6.45, 7) is 10.7. The predicted octanol–water partition coefficient (Wildman–Crippen LogP) is 3.04. The Morgan fingerprint density at radius 3 is 2.52 bits per heavy atom. The molecular formula is C23H32N4O3S. The fourth-order valence-corrected chi connectivity index (χ4v) is 4.94. The van der Waals surface area contributed by atoms with Crippen molar-refractivity contribution < 1.29 is 13.2 Å². The van der Waals surface area contributed by atoms with Crippen molar-refractivity contribution in [1.29, 1.82) is 0 Å². The average Bonchev–Trinajstić information content (AvgIpc) is 2.75. The molecule has 2 aromatic carbocycles. The molecule has 1 atom stereocenters. The van der Waals surface area contributed by atoms with Crippen LogP contribution in [0.3, 0.4) is 0 Å². The van der Waals surface area contributed by atoms with Crippen molar-refractivity contribution in [3.63, 3.8) is 0 Å². The lowest BCUT2D eigenvalue weighted by atomic mass is 10.1. The Bertz CT molecular complexity index is 1050. The fourth-order valence-electron chi connectivity index (χ4n) is 3.55. The molecule has 0 bridgehead atoms. The van der Waals surface area contributed by atoms with Crippen molar-refractivity contribution in [2.75, 3.05) is 35.8 Å². The van der Waals surface area contributed by atoms with Gasteiger partial charge in [-0.25, -0.2) is 8.42 Å². The SMILES string of the molecule is CC[C@H](C)NC(=O)c1ccc(N2CCNCC2)c(NS(=O)(=O)c2cc(C)ccc2C)c1. The van der Waals surface area contributed by atoms with Crippen LogP contribution in [0, 0.1) is 13.8 Å².